The summed E-state index contributed by atoms with van der Waals surface area (Å²) in [6, 6.07) is 6.30. The molecule has 73 valence electrons. The van der Waals surface area contributed by atoms with Gasteiger partial charge >= 0.3 is 11.9 Å². The summed E-state index contributed by atoms with van der Waals surface area (Å²) in [7, 11) is 0. The third-order valence-corrected chi connectivity index (χ3v) is 1.88. The molecule has 0 atom stereocenters. The first-order valence-electron chi connectivity index (χ1n) is 4.22. The smallest absolute Gasteiger partial charge is 0.338 e. The second kappa shape index (κ2) is 5.76. The average molecular weight is 231 g/mol. The van der Waals surface area contributed by atoms with E-state index in [1.165, 1.54) is 6.07 Å². The van der Waals surface area contributed by atoms with Gasteiger partial charge in [0, 0.05) is 51.4 Å². The van der Waals surface area contributed by atoms with Gasteiger partial charge in [0.05, 0.1) is 11.1 Å². The molecule has 0 fully saturated rings. The van der Waals surface area contributed by atoms with Crippen LogP contribution in [0.2, 0.25) is 0 Å². The van der Waals surface area contributed by atoms with Crippen LogP contribution < -0.4 is 0 Å². The largest absolute Gasteiger partial charge is 0.458 e. The third-order valence-electron chi connectivity index (χ3n) is 1.88. The number of carbonyl (C=O) groups excluding carboxylic acids is 2. The Morgan fingerprint density at radius 3 is 1.87 bits per heavy atom. The molecular weight excluding hydrogens is 223 g/mol. The molecule has 2 bridgehead atoms. The normalized spacial score (nSPS) is 14.9. The summed E-state index contributed by atoms with van der Waals surface area (Å²) >= 11 is 0. The summed E-state index contributed by atoms with van der Waals surface area (Å²) in [6.07, 6.45) is 0. The Bertz CT molecular complexity index is 356. The number of hydrogen-bond acceptors (Lipinski definition) is 4. The fourth-order valence-corrected chi connectivity index (χ4v) is 1.21. The van der Waals surface area contributed by atoms with E-state index in [2.05, 4.69) is 0 Å². The van der Waals surface area contributed by atoms with Crippen LogP contribution in [0.25, 0.3) is 0 Å². The van der Waals surface area contributed by atoms with E-state index in [1.807, 2.05) is 0 Å². The Hall–Kier alpha value is -0.204. The van der Waals surface area contributed by atoms with Crippen molar-refractivity contribution in [3.05, 3.63) is 35.4 Å². The average Bonchev–Trinajstić information content (AvgIpc) is 2.26. The van der Waals surface area contributed by atoms with Crippen molar-refractivity contribution >= 4 is 63.3 Å². The van der Waals surface area contributed by atoms with Crippen molar-refractivity contribution in [1.82, 2.24) is 0 Å². The molecule has 0 aliphatic carbocycles. The van der Waals surface area contributed by atoms with Crippen LogP contribution in [0.3, 0.4) is 0 Å². The maximum absolute atomic E-state index is 11.3. The van der Waals surface area contributed by atoms with E-state index < -0.39 is 11.9 Å². The molecule has 0 aromatic heterocycles. The Morgan fingerprint density at radius 2 is 1.40 bits per heavy atom. The zero-order valence-corrected chi connectivity index (χ0v) is 11.5. The first-order valence-corrected chi connectivity index (χ1v) is 4.22. The van der Waals surface area contributed by atoms with Crippen molar-refractivity contribution in [1.29, 1.82) is 0 Å². The number of benzene rings is 1. The van der Waals surface area contributed by atoms with Crippen LogP contribution in [0.1, 0.15) is 20.7 Å². The summed E-state index contributed by atoms with van der Waals surface area (Å²) in [5.74, 6) is -0.852. The van der Waals surface area contributed by atoms with Gasteiger partial charge in [0.1, 0.15) is 13.2 Å². The summed E-state index contributed by atoms with van der Waals surface area (Å²) in [5.41, 5.74) is 0.753. The van der Waals surface area contributed by atoms with Crippen molar-refractivity contribution in [3.8, 4) is 0 Å². The molecule has 1 aliphatic rings. The first-order chi connectivity index (χ1) is 6.77. The monoisotopic (exact) mass is 231 g/mol. The van der Waals surface area contributed by atoms with Gasteiger partial charge < -0.3 is 9.47 Å². The number of fused-ring (bicyclic) bond motifs is 2. The Labute approximate surface area is 129 Å². The number of ether oxygens (including phenoxy) is 2. The minimum absolute atomic E-state index is 0. The summed E-state index contributed by atoms with van der Waals surface area (Å²) in [5, 5.41) is 0. The zero-order chi connectivity index (χ0) is 9.97. The van der Waals surface area contributed by atoms with Gasteiger partial charge in [-0.2, -0.15) is 0 Å². The quantitative estimate of drug-likeness (QED) is 0.485. The van der Waals surface area contributed by atoms with E-state index >= 15 is 0 Å². The third kappa shape index (κ3) is 3.12. The second-order valence-electron chi connectivity index (χ2n) is 2.85. The van der Waals surface area contributed by atoms with Crippen LogP contribution in [-0.2, 0) is 9.47 Å². The fraction of sp³-hybridized carbons (Fsp3) is 0.200. The second-order valence-corrected chi connectivity index (χ2v) is 2.85. The standard InChI is InChI=1S/C10H8O4.K/c11-9-7-2-1-3-8(6-7)10(12)14-5-4-13-9;/h1-3,6H,4-5H2;. The van der Waals surface area contributed by atoms with Crippen LogP contribution in [0.5, 0.6) is 0 Å². The Kier molecular flexibility index (Phi) is 4.94. The fourth-order valence-electron chi connectivity index (χ4n) is 1.21. The van der Waals surface area contributed by atoms with Gasteiger partial charge in [0.2, 0.25) is 0 Å². The maximum atomic E-state index is 11.3. The SMILES string of the molecule is O=C1OCCOC(=O)c2cccc1c2.[K]. The Balaban J connectivity index is 0.00000112. The summed E-state index contributed by atoms with van der Waals surface area (Å²) < 4.78 is 9.67. The number of hydrogen-bond donors (Lipinski definition) is 0. The number of cyclic esters (lactones) is 2. The van der Waals surface area contributed by atoms with Gasteiger partial charge in [0.15, 0.2) is 0 Å². The molecule has 0 N–H and O–H groups in total. The molecule has 0 saturated heterocycles. The van der Waals surface area contributed by atoms with E-state index in [4.69, 9.17) is 9.47 Å². The predicted octanol–water partition coefficient (Wildman–Crippen LogP) is 0.633. The van der Waals surface area contributed by atoms with Crippen LogP contribution >= 0.6 is 0 Å². The number of carbonyl (C=O) groups is 2. The number of esters is 2. The molecule has 0 spiro atoms. The molecule has 1 heterocycles. The van der Waals surface area contributed by atoms with E-state index in [9.17, 15) is 9.59 Å². The molecule has 0 unspecified atom stereocenters. The van der Waals surface area contributed by atoms with Gasteiger partial charge in [-0.05, 0) is 18.2 Å². The minimum atomic E-state index is -0.426. The molecule has 1 radical (unpaired) electrons. The maximum Gasteiger partial charge on any atom is 0.338 e. The van der Waals surface area contributed by atoms with Gasteiger partial charge in [-0.25, -0.2) is 9.59 Å². The van der Waals surface area contributed by atoms with Gasteiger partial charge in [-0.1, -0.05) is 6.07 Å². The predicted molar refractivity (Wildman–Crippen MR) is 52.8 cm³/mol. The van der Waals surface area contributed by atoms with E-state index in [0.29, 0.717) is 11.1 Å². The Morgan fingerprint density at radius 1 is 0.933 bits per heavy atom. The van der Waals surface area contributed by atoms with Gasteiger partial charge in [-0.15, -0.1) is 0 Å². The molecule has 0 amide bonds. The first kappa shape index (κ1) is 12.9. The van der Waals surface area contributed by atoms with Gasteiger partial charge in [-0.3, -0.25) is 0 Å². The van der Waals surface area contributed by atoms with Crippen LogP contribution in [-0.4, -0.2) is 76.5 Å². The van der Waals surface area contributed by atoms with Crippen molar-refractivity contribution < 1.29 is 19.1 Å². The molecule has 1 aromatic rings. The van der Waals surface area contributed by atoms with E-state index in [-0.39, 0.29) is 64.6 Å². The van der Waals surface area contributed by atoms with E-state index in [1.54, 1.807) is 18.2 Å². The molecule has 1 aromatic carbocycles. The molecular formula is C10H8KO4. The van der Waals surface area contributed by atoms with Crippen molar-refractivity contribution in [2.45, 2.75) is 0 Å². The van der Waals surface area contributed by atoms with Crippen molar-refractivity contribution in [2.75, 3.05) is 13.2 Å². The summed E-state index contributed by atoms with van der Waals surface area (Å²) in [4.78, 5) is 22.6. The molecule has 15 heavy (non-hydrogen) atoms. The van der Waals surface area contributed by atoms with Crippen molar-refractivity contribution in [3.63, 3.8) is 0 Å². The van der Waals surface area contributed by atoms with Crippen LogP contribution in [0.15, 0.2) is 24.3 Å². The number of rotatable bonds is 0. The minimum Gasteiger partial charge on any atom is -0.458 e. The molecule has 5 heteroatoms. The van der Waals surface area contributed by atoms with Crippen molar-refractivity contribution in [2.24, 2.45) is 0 Å². The van der Waals surface area contributed by atoms with Gasteiger partial charge in [0.25, 0.3) is 0 Å². The molecule has 0 saturated carbocycles. The molecule has 2 rings (SSSR count). The topological polar surface area (TPSA) is 52.6 Å². The molecule has 4 nitrogen and oxygen atoms in total. The van der Waals surface area contributed by atoms with Crippen LogP contribution in [0.4, 0.5) is 0 Å². The summed E-state index contributed by atoms with van der Waals surface area (Å²) in [6.45, 7) is 0.200. The van der Waals surface area contributed by atoms with E-state index in [0.717, 1.165) is 0 Å². The van der Waals surface area contributed by atoms with Crippen LogP contribution in [0, 0.1) is 0 Å². The zero-order valence-electron chi connectivity index (χ0n) is 8.36. The molecule has 1 aliphatic heterocycles.